The molecule has 1 saturated carbocycles. The highest BCUT2D eigenvalue weighted by molar-refractivity contribution is 5.67. The van der Waals surface area contributed by atoms with Crippen molar-refractivity contribution in [3.8, 4) is 0 Å². The third-order valence-electron chi connectivity index (χ3n) is 4.34. The van der Waals surface area contributed by atoms with E-state index in [1.54, 1.807) is 0 Å². The summed E-state index contributed by atoms with van der Waals surface area (Å²) in [5.74, 6) is 1.11. The number of hydrogen-bond acceptors (Lipinski definition) is 3. The van der Waals surface area contributed by atoms with E-state index in [4.69, 9.17) is 4.74 Å². The molecular formula is C17H25NO3. The number of aliphatic hydroxyl groups excluding tert-OH is 1. The summed E-state index contributed by atoms with van der Waals surface area (Å²) in [5, 5.41) is 12.3. The summed E-state index contributed by atoms with van der Waals surface area (Å²) in [7, 11) is 0. The lowest BCUT2D eigenvalue weighted by Crippen LogP contribution is -2.44. The molecular weight excluding hydrogens is 266 g/mol. The van der Waals surface area contributed by atoms with Gasteiger partial charge in [0.1, 0.15) is 6.61 Å². The van der Waals surface area contributed by atoms with Gasteiger partial charge in [0, 0.05) is 0 Å². The van der Waals surface area contributed by atoms with Gasteiger partial charge in [0.25, 0.3) is 0 Å². The fourth-order valence-corrected chi connectivity index (χ4v) is 2.92. The third kappa shape index (κ3) is 5.05. The number of hydrogen-bond donors (Lipinski definition) is 2. The second-order valence-corrected chi connectivity index (χ2v) is 6.02. The van der Waals surface area contributed by atoms with Crippen molar-refractivity contribution in [3.63, 3.8) is 0 Å². The van der Waals surface area contributed by atoms with Crippen LogP contribution in [0.5, 0.6) is 0 Å². The number of carbonyl (C=O) groups excluding carboxylic acids is 1. The van der Waals surface area contributed by atoms with Crippen LogP contribution in [0.25, 0.3) is 0 Å². The molecule has 0 saturated heterocycles. The maximum Gasteiger partial charge on any atom is 0.407 e. The molecule has 1 amide bonds. The molecule has 1 atom stereocenters. The van der Waals surface area contributed by atoms with Gasteiger partial charge in [-0.3, -0.25) is 0 Å². The van der Waals surface area contributed by atoms with E-state index in [2.05, 4.69) is 12.2 Å². The molecule has 0 spiro atoms. The van der Waals surface area contributed by atoms with Crippen LogP contribution < -0.4 is 5.32 Å². The first-order chi connectivity index (χ1) is 10.2. The van der Waals surface area contributed by atoms with Crippen molar-refractivity contribution in [3.05, 3.63) is 35.9 Å². The maximum atomic E-state index is 11.8. The Kier molecular flexibility index (Phi) is 6.05. The summed E-state index contributed by atoms with van der Waals surface area (Å²) >= 11 is 0. The zero-order valence-corrected chi connectivity index (χ0v) is 12.6. The van der Waals surface area contributed by atoms with Gasteiger partial charge < -0.3 is 15.2 Å². The zero-order chi connectivity index (χ0) is 15.1. The van der Waals surface area contributed by atoms with Crippen molar-refractivity contribution < 1.29 is 14.6 Å². The molecule has 1 fully saturated rings. The topological polar surface area (TPSA) is 58.6 Å². The van der Waals surface area contributed by atoms with Crippen molar-refractivity contribution in [2.45, 2.75) is 45.3 Å². The fraction of sp³-hybridized carbons (Fsp3) is 0.588. The summed E-state index contributed by atoms with van der Waals surface area (Å²) in [5.41, 5.74) is 0.958. The highest BCUT2D eigenvalue weighted by Gasteiger charge is 2.27. The van der Waals surface area contributed by atoms with Gasteiger partial charge in [-0.1, -0.05) is 50.1 Å². The van der Waals surface area contributed by atoms with E-state index in [1.807, 2.05) is 30.3 Å². The molecule has 1 aromatic rings. The Morgan fingerprint density at radius 2 is 1.95 bits per heavy atom. The average Bonchev–Trinajstić information content (AvgIpc) is 2.52. The molecule has 2 N–H and O–H groups in total. The van der Waals surface area contributed by atoms with Crippen LogP contribution in [0.4, 0.5) is 4.79 Å². The Morgan fingerprint density at radius 1 is 1.29 bits per heavy atom. The largest absolute Gasteiger partial charge is 0.445 e. The normalized spacial score (nSPS) is 23.3. The lowest BCUT2D eigenvalue weighted by atomic mass is 9.79. The summed E-state index contributed by atoms with van der Waals surface area (Å²) in [6, 6.07) is 9.39. The van der Waals surface area contributed by atoms with Crippen molar-refractivity contribution in [1.29, 1.82) is 0 Å². The van der Waals surface area contributed by atoms with Crippen molar-refractivity contribution in [2.75, 3.05) is 6.61 Å². The van der Waals surface area contributed by atoms with E-state index >= 15 is 0 Å². The monoisotopic (exact) mass is 291 g/mol. The molecule has 116 valence electrons. The van der Waals surface area contributed by atoms with E-state index < -0.39 is 6.09 Å². The summed E-state index contributed by atoms with van der Waals surface area (Å²) < 4.78 is 5.21. The Balaban J connectivity index is 1.77. The van der Waals surface area contributed by atoms with Crippen LogP contribution in [-0.2, 0) is 11.3 Å². The quantitative estimate of drug-likeness (QED) is 0.876. The maximum absolute atomic E-state index is 11.8. The van der Waals surface area contributed by atoms with Crippen LogP contribution in [0, 0.1) is 11.8 Å². The Morgan fingerprint density at radius 3 is 2.57 bits per heavy atom. The molecule has 4 nitrogen and oxygen atoms in total. The predicted octanol–water partition coefficient (Wildman–Crippen LogP) is 3.10. The van der Waals surface area contributed by atoms with Crippen LogP contribution in [0.15, 0.2) is 30.3 Å². The minimum atomic E-state index is -0.448. The lowest BCUT2D eigenvalue weighted by Gasteiger charge is -2.31. The third-order valence-corrected chi connectivity index (χ3v) is 4.34. The molecule has 1 aliphatic rings. The van der Waals surface area contributed by atoms with Crippen LogP contribution in [0.3, 0.4) is 0 Å². The summed E-state index contributed by atoms with van der Waals surface area (Å²) in [6.07, 6.45) is 4.01. The van der Waals surface area contributed by atoms with Crippen LogP contribution >= 0.6 is 0 Å². The molecule has 2 rings (SSSR count). The molecule has 1 aliphatic carbocycles. The molecule has 0 bridgehead atoms. The highest BCUT2D eigenvalue weighted by Crippen LogP contribution is 2.30. The average molecular weight is 291 g/mol. The van der Waals surface area contributed by atoms with Gasteiger partial charge in [-0.15, -0.1) is 0 Å². The molecule has 0 aliphatic heterocycles. The van der Waals surface area contributed by atoms with Gasteiger partial charge in [-0.05, 0) is 30.2 Å². The van der Waals surface area contributed by atoms with Crippen LogP contribution in [0.1, 0.15) is 38.2 Å². The van der Waals surface area contributed by atoms with Crippen LogP contribution in [0.2, 0.25) is 0 Å². The molecule has 4 heteroatoms. The Hall–Kier alpha value is -1.55. The molecule has 0 radical (unpaired) electrons. The van der Waals surface area contributed by atoms with Gasteiger partial charge in [0.2, 0.25) is 0 Å². The fourth-order valence-electron chi connectivity index (χ4n) is 2.92. The molecule has 21 heavy (non-hydrogen) atoms. The van der Waals surface area contributed by atoms with E-state index in [0.717, 1.165) is 24.3 Å². The number of amides is 1. The minimum Gasteiger partial charge on any atom is -0.445 e. The second-order valence-electron chi connectivity index (χ2n) is 6.02. The molecule has 1 aromatic carbocycles. The highest BCUT2D eigenvalue weighted by atomic mass is 16.5. The number of carbonyl (C=O) groups is 1. The predicted molar refractivity (Wildman–Crippen MR) is 81.8 cm³/mol. The number of ether oxygens (including phenoxy) is 1. The van der Waals surface area contributed by atoms with Gasteiger partial charge in [0.15, 0.2) is 0 Å². The molecule has 0 heterocycles. The number of alkyl carbamates (subject to hydrolysis) is 1. The van der Waals surface area contributed by atoms with E-state index in [0.29, 0.717) is 5.92 Å². The number of nitrogens with one attached hydrogen (secondary N) is 1. The lowest BCUT2D eigenvalue weighted by molar-refractivity contribution is 0.111. The number of benzene rings is 1. The Bertz CT molecular complexity index is 427. The van der Waals surface area contributed by atoms with E-state index in [-0.39, 0.29) is 19.3 Å². The molecule has 1 unspecified atom stereocenters. The van der Waals surface area contributed by atoms with Crippen molar-refractivity contribution >= 4 is 6.09 Å². The first-order valence-corrected chi connectivity index (χ1v) is 7.77. The van der Waals surface area contributed by atoms with Gasteiger partial charge in [0.05, 0.1) is 12.6 Å². The first kappa shape index (κ1) is 15.8. The molecule has 0 aromatic heterocycles. The first-order valence-electron chi connectivity index (χ1n) is 7.77. The van der Waals surface area contributed by atoms with Gasteiger partial charge >= 0.3 is 6.09 Å². The van der Waals surface area contributed by atoms with Gasteiger partial charge in [-0.25, -0.2) is 4.79 Å². The second kappa shape index (κ2) is 8.03. The number of rotatable bonds is 5. The smallest absolute Gasteiger partial charge is 0.407 e. The Labute approximate surface area is 126 Å². The van der Waals surface area contributed by atoms with Crippen molar-refractivity contribution in [1.82, 2.24) is 5.32 Å². The van der Waals surface area contributed by atoms with Crippen LogP contribution in [-0.4, -0.2) is 23.8 Å². The van der Waals surface area contributed by atoms with E-state index in [9.17, 15) is 9.90 Å². The summed E-state index contributed by atoms with van der Waals surface area (Å²) in [4.78, 5) is 11.8. The standard InChI is InChI=1S/C17H25NO3/c1-13-7-9-15(10-8-13)16(11-19)18-17(20)21-12-14-5-3-2-4-6-14/h2-6,13,15-16,19H,7-12H2,1H3,(H,18,20). The zero-order valence-electron chi connectivity index (χ0n) is 12.6. The minimum absolute atomic E-state index is 0.0283. The number of aliphatic hydroxyl groups is 1. The van der Waals surface area contributed by atoms with Crippen molar-refractivity contribution in [2.24, 2.45) is 11.8 Å². The van der Waals surface area contributed by atoms with E-state index in [1.165, 1.54) is 12.8 Å². The SMILES string of the molecule is CC1CCC(C(CO)NC(=O)OCc2ccccc2)CC1. The van der Waals surface area contributed by atoms with Gasteiger partial charge in [-0.2, -0.15) is 0 Å². The summed E-state index contributed by atoms with van der Waals surface area (Å²) in [6.45, 7) is 2.48.